The van der Waals surface area contributed by atoms with Crippen LogP contribution < -0.4 is 0 Å². The van der Waals surface area contributed by atoms with Gasteiger partial charge in [-0.3, -0.25) is 14.5 Å². The minimum absolute atomic E-state index is 0.0589. The van der Waals surface area contributed by atoms with Crippen LogP contribution in [0.2, 0.25) is 0 Å². The summed E-state index contributed by atoms with van der Waals surface area (Å²) in [5.74, 6) is 0.369. The summed E-state index contributed by atoms with van der Waals surface area (Å²) in [6.45, 7) is 4.36. The van der Waals surface area contributed by atoms with Gasteiger partial charge in [-0.1, -0.05) is 13.8 Å². The molecule has 1 fully saturated rings. The van der Waals surface area contributed by atoms with E-state index in [-0.39, 0.29) is 17.2 Å². The lowest BCUT2D eigenvalue weighted by molar-refractivity contribution is -0.152. The first kappa shape index (κ1) is 11.5. The molecule has 1 heterocycles. The molecular weight excluding hydrogens is 202 g/mol. The maximum absolute atomic E-state index is 11.6. The van der Waals surface area contributed by atoms with Crippen LogP contribution in [-0.4, -0.2) is 29.1 Å². The summed E-state index contributed by atoms with van der Waals surface area (Å²) in [5.41, 5.74) is -0.175. The van der Waals surface area contributed by atoms with Crippen LogP contribution in [-0.2, 0) is 9.59 Å². The number of piperidine rings is 1. The summed E-state index contributed by atoms with van der Waals surface area (Å²) in [6, 6.07) is 0. The topological polar surface area (TPSA) is 37.4 Å². The molecule has 0 aromatic heterocycles. The SMILES string of the molecule is CC1(C)CC(=O)N(CCCCl)C(=O)C1. The Morgan fingerprint density at radius 2 is 1.79 bits per heavy atom. The molecule has 1 aliphatic rings. The van der Waals surface area contributed by atoms with E-state index in [0.717, 1.165) is 0 Å². The van der Waals surface area contributed by atoms with Gasteiger partial charge in [0.25, 0.3) is 0 Å². The van der Waals surface area contributed by atoms with Gasteiger partial charge in [0, 0.05) is 25.3 Å². The number of amides is 2. The summed E-state index contributed by atoms with van der Waals surface area (Å²) in [4.78, 5) is 24.5. The van der Waals surface area contributed by atoms with E-state index in [1.807, 2.05) is 13.8 Å². The summed E-state index contributed by atoms with van der Waals surface area (Å²) in [5, 5.41) is 0. The molecule has 0 N–H and O–H groups in total. The average molecular weight is 218 g/mol. The van der Waals surface area contributed by atoms with Crippen LogP contribution in [0, 0.1) is 5.41 Å². The molecule has 80 valence electrons. The Balaban J connectivity index is 2.62. The molecule has 0 bridgehead atoms. The van der Waals surface area contributed by atoms with Gasteiger partial charge in [-0.25, -0.2) is 0 Å². The number of rotatable bonds is 3. The molecular formula is C10H16ClNO2. The van der Waals surface area contributed by atoms with E-state index in [2.05, 4.69) is 0 Å². The third-order valence-electron chi connectivity index (χ3n) is 2.38. The fourth-order valence-electron chi connectivity index (χ4n) is 1.68. The second-order valence-electron chi connectivity index (χ2n) is 4.50. The van der Waals surface area contributed by atoms with Crippen LogP contribution in [0.5, 0.6) is 0 Å². The van der Waals surface area contributed by atoms with Gasteiger partial charge in [-0.15, -0.1) is 11.6 Å². The molecule has 1 rings (SSSR count). The monoisotopic (exact) mass is 217 g/mol. The molecule has 0 aliphatic carbocycles. The van der Waals surface area contributed by atoms with Gasteiger partial charge in [-0.05, 0) is 11.8 Å². The van der Waals surface area contributed by atoms with Crippen molar-refractivity contribution in [2.45, 2.75) is 33.1 Å². The molecule has 0 saturated carbocycles. The second kappa shape index (κ2) is 4.30. The van der Waals surface area contributed by atoms with E-state index in [4.69, 9.17) is 11.6 Å². The summed E-state index contributed by atoms with van der Waals surface area (Å²) < 4.78 is 0. The molecule has 0 spiro atoms. The van der Waals surface area contributed by atoms with Crippen molar-refractivity contribution in [1.29, 1.82) is 0 Å². The number of likely N-dealkylation sites (tertiary alicyclic amines) is 1. The Bertz CT molecular complexity index is 231. The van der Waals surface area contributed by atoms with Gasteiger partial charge in [0.1, 0.15) is 0 Å². The van der Waals surface area contributed by atoms with E-state index < -0.39 is 0 Å². The summed E-state index contributed by atoms with van der Waals surface area (Å²) >= 11 is 5.52. The predicted molar refractivity (Wildman–Crippen MR) is 55.1 cm³/mol. The van der Waals surface area contributed by atoms with Crippen LogP contribution in [0.3, 0.4) is 0 Å². The zero-order valence-corrected chi connectivity index (χ0v) is 9.43. The van der Waals surface area contributed by atoms with Gasteiger partial charge in [0.15, 0.2) is 0 Å². The van der Waals surface area contributed by atoms with Gasteiger partial charge >= 0.3 is 0 Å². The van der Waals surface area contributed by atoms with Gasteiger partial charge in [0.05, 0.1) is 0 Å². The number of carbonyl (C=O) groups excluding carboxylic acids is 2. The van der Waals surface area contributed by atoms with Gasteiger partial charge < -0.3 is 0 Å². The Morgan fingerprint density at radius 1 is 1.29 bits per heavy atom. The standard InChI is InChI=1S/C10H16ClNO2/c1-10(2)6-8(13)12(5-3-4-11)9(14)7-10/h3-7H2,1-2H3. The van der Waals surface area contributed by atoms with Gasteiger partial charge in [-0.2, -0.15) is 0 Å². The quantitative estimate of drug-likeness (QED) is 0.534. The number of halogens is 1. The van der Waals surface area contributed by atoms with Crippen molar-refractivity contribution in [2.75, 3.05) is 12.4 Å². The second-order valence-corrected chi connectivity index (χ2v) is 4.88. The van der Waals surface area contributed by atoms with E-state index in [1.54, 1.807) is 0 Å². The number of alkyl halides is 1. The minimum atomic E-state index is -0.175. The average Bonchev–Trinajstić information content (AvgIpc) is 2.00. The van der Waals surface area contributed by atoms with Crippen molar-refractivity contribution in [1.82, 2.24) is 4.90 Å². The van der Waals surface area contributed by atoms with E-state index in [1.165, 1.54) is 4.90 Å². The van der Waals surface area contributed by atoms with Crippen molar-refractivity contribution in [3.05, 3.63) is 0 Å². The molecule has 14 heavy (non-hydrogen) atoms. The summed E-state index contributed by atoms with van der Waals surface area (Å²) in [7, 11) is 0. The number of nitrogens with zero attached hydrogens (tertiary/aromatic N) is 1. The zero-order chi connectivity index (χ0) is 10.8. The van der Waals surface area contributed by atoms with E-state index in [0.29, 0.717) is 31.7 Å². The highest BCUT2D eigenvalue weighted by molar-refractivity contribution is 6.17. The van der Waals surface area contributed by atoms with Crippen LogP contribution in [0.25, 0.3) is 0 Å². The first-order valence-electron chi connectivity index (χ1n) is 4.85. The molecule has 0 unspecified atom stereocenters. The third kappa shape index (κ3) is 2.71. The predicted octanol–water partition coefficient (Wildman–Crippen LogP) is 1.79. The molecule has 0 aromatic carbocycles. The first-order valence-corrected chi connectivity index (χ1v) is 5.39. The lowest BCUT2D eigenvalue weighted by Crippen LogP contribution is -2.46. The van der Waals surface area contributed by atoms with Gasteiger partial charge in [0.2, 0.25) is 11.8 Å². The number of imide groups is 1. The number of carbonyl (C=O) groups is 2. The van der Waals surface area contributed by atoms with E-state index in [9.17, 15) is 9.59 Å². The number of hydrogen-bond donors (Lipinski definition) is 0. The van der Waals surface area contributed by atoms with Crippen molar-refractivity contribution < 1.29 is 9.59 Å². The molecule has 0 radical (unpaired) electrons. The first-order chi connectivity index (χ1) is 6.46. The Hall–Kier alpha value is -0.570. The highest BCUT2D eigenvalue weighted by Crippen LogP contribution is 2.31. The van der Waals surface area contributed by atoms with Crippen LogP contribution in [0.4, 0.5) is 0 Å². The lowest BCUT2D eigenvalue weighted by atomic mass is 9.82. The molecule has 3 nitrogen and oxygen atoms in total. The molecule has 4 heteroatoms. The fourth-order valence-corrected chi connectivity index (χ4v) is 1.80. The zero-order valence-electron chi connectivity index (χ0n) is 8.68. The Kier molecular flexibility index (Phi) is 3.53. The Morgan fingerprint density at radius 3 is 2.21 bits per heavy atom. The van der Waals surface area contributed by atoms with Crippen molar-refractivity contribution in [3.63, 3.8) is 0 Å². The molecule has 0 aromatic rings. The normalized spacial score (nSPS) is 21.5. The maximum atomic E-state index is 11.6. The largest absolute Gasteiger partial charge is 0.283 e. The highest BCUT2D eigenvalue weighted by Gasteiger charge is 2.36. The van der Waals surface area contributed by atoms with Crippen LogP contribution in [0.1, 0.15) is 33.1 Å². The fraction of sp³-hybridized carbons (Fsp3) is 0.800. The number of hydrogen-bond acceptors (Lipinski definition) is 2. The molecule has 0 atom stereocenters. The van der Waals surface area contributed by atoms with E-state index >= 15 is 0 Å². The molecule has 1 saturated heterocycles. The van der Waals surface area contributed by atoms with Crippen molar-refractivity contribution in [2.24, 2.45) is 5.41 Å². The third-order valence-corrected chi connectivity index (χ3v) is 2.64. The van der Waals surface area contributed by atoms with Crippen LogP contribution >= 0.6 is 11.6 Å². The lowest BCUT2D eigenvalue weighted by Gasteiger charge is -2.34. The smallest absolute Gasteiger partial charge is 0.229 e. The van der Waals surface area contributed by atoms with Crippen LogP contribution in [0.15, 0.2) is 0 Å². The van der Waals surface area contributed by atoms with Crippen molar-refractivity contribution >= 4 is 23.4 Å². The summed E-state index contributed by atoms with van der Waals surface area (Å²) in [6.07, 6.45) is 1.60. The minimum Gasteiger partial charge on any atom is -0.283 e. The maximum Gasteiger partial charge on any atom is 0.229 e. The van der Waals surface area contributed by atoms with Crippen molar-refractivity contribution in [3.8, 4) is 0 Å². The highest BCUT2D eigenvalue weighted by atomic mass is 35.5. The molecule has 1 aliphatic heterocycles. The Labute approximate surface area is 89.4 Å². The molecule has 2 amide bonds.